The third-order valence-electron chi connectivity index (χ3n) is 3.72. The van der Waals surface area contributed by atoms with E-state index in [-0.39, 0.29) is 24.8 Å². The molecule has 1 fully saturated rings. The highest BCUT2D eigenvalue weighted by Gasteiger charge is 2.28. The van der Waals surface area contributed by atoms with E-state index < -0.39 is 0 Å². The van der Waals surface area contributed by atoms with Crippen molar-refractivity contribution >= 4 is 24.8 Å². The normalized spacial score (nSPS) is 21.6. The summed E-state index contributed by atoms with van der Waals surface area (Å²) in [6, 6.07) is 10.3. The van der Waals surface area contributed by atoms with Crippen LogP contribution in [0.2, 0.25) is 0 Å². The van der Waals surface area contributed by atoms with Crippen LogP contribution in [0.15, 0.2) is 24.3 Å². The number of hydrogen-bond donors (Lipinski definition) is 1. The monoisotopic (exact) mass is 315 g/mol. The van der Waals surface area contributed by atoms with Gasteiger partial charge in [0.15, 0.2) is 0 Å². The molecule has 0 unspecified atom stereocenters. The van der Waals surface area contributed by atoms with Gasteiger partial charge >= 0.3 is 0 Å². The Balaban J connectivity index is 0.00000180. The minimum atomic E-state index is 0. The molecular weight excluding hydrogens is 293 g/mol. The average molecular weight is 316 g/mol. The van der Waals surface area contributed by atoms with Crippen molar-refractivity contribution in [3.05, 3.63) is 35.4 Å². The van der Waals surface area contributed by atoms with Crippen LogP contribution in [0, 0.1) is 17.2 Å². The molecule has 0 aliphatic carbocycles. The van der Waals surface area contributed by atoms with Crippen LogP contribution in [-0.2, 0) is 6.54 Å². The van der Waals surface area contributed by atoms with E-state index in [9.17, 15) is 0 Å². The Morgan fingerprint density at radius 1 is 1.25 bits per heavy atom. The zero-order valence-corrected chi connectivity index (χ0v) is 13.4. The van der Waals surface area contributed by atoms with E-state index in [1.54, 1.807) is 0 Å². The standard InChI is InChI=1S/C15H21N3.2ClH/c1-2-3-14-10-18(11-15(14)17)9-13-6-4-12(8-16)5-7-13;;/h4-7,14-15H,2-3,9-11,17H2,1H3;2*1H/t14-,15-;;/m0../s1. The number of halogens is 2. The SMILES string of the molecule is CCC[C@H]1CN(Cc2ccc(C#N)cc2)C[C@@H]1N.Cl.Cl. The van der Waals surface area contributed by atoms with Crippen molar-refractivity contribution in [3.8, 4) is 6.07 Å². The van der Waals surface area contributed by atoms with Gasteiger partial charge in [0.1, 0.15) is 0 Å². The summed E-state index contributed by atoms with van der Waals surface area (Å²) in [6.07, 6.45) is 2.44. The van der Waals surface area contributed by atoms with Crippen molar-refractivity contribution in [3.63, 3.8) is 0 Å². The van der Waals surface area contributed by atoms with Crippen LogP contribution in [0.3, 0.4) is 0 Å². The van der Waals surface area contributed by atoms with Crippen LogP contribution in [0.5, 0.6) is 0 Å². The lowest BCUT2D eigenvalue weighted by Crippen LogP contribution is -2.29. The lowest BCUT2D eigenvalue weighted by molar-refractivity contribution is 0.312. The van der Waals surface area contributed by atoms with Crippen LogP contribution in [-0.4, -0.2) is 24.0 Å². The molecule has 1 heterocycles. The van der Waals surface area contributed by atoms with Crippen LogP contribution in [0.25, 0.3) is 0 Å². The van der Waals surface area contributed by atoms with Gasteiger partial charge in [-0.2, -0.15) is 5.26 Å². The second-order valence-corrected chi connectivity index (χ2v) is 5.22. The van der Waals surface area contributed by atoms with E-state index in [0.717, 1.165) is 25.2 Å². The minimum Gasteiger partial charge on any atom is -0.326 e. The zero-order valence-electron chi connectivity index (χ0n) is 11.8. The number of rotatable bonds is 4. The molecule has 20 heavy (non-hydrogen) atoms. The highest BCUT2D eigenvalue weighted by atomic mass is 35.5. The predicted octanol–water partition coefficient (Wildman–Crippen LogP) is 2.96. The largest absolute Gasteiger partial charge is 0.326 e. The maximum Gasteiger partial charge on any atom is 0.0991 e. The van der Waals surface area contributed by atoms with Crippen molar-refractivity contribution < 1.29 is 0 Å². The molecule has 0 saturated carbocycles. The molecule has 2 atom stereocenters. The molecule has 5 heteroatoms. The van der Waals surface area contributed by atoms with E-state index in [1.807, 2.05) is 24.3 Å². The quantitative estimate of drug-likeness (QED) is 0.929. The fourth-order valence-electron chi connectivity index (χ4n) is 2.74. The van der Waals surface area contributed by atoms with Crippen molar-refractivity contribution in [2.75, 3.05) is 13.1 Å². The van der Waals surface area contributed by atoms with E-state index in [0.29, 0.717) is 12.0 Å². The number of benzene rings is 1. The third-order valence-corrected chi connectivity index (χ3v) is 3.72. The van der Waals surface area contributed by atoms with Gasteiger partial charge in [-0.1, -0.05) is 25.5 Å². The molecule has 1 aromatic rings. The fourth-order valence-corrected chi connectivity index (χ4v) is 2.74. The molecule has 0 aromatic heterocycles. The van der Waals surface area contributed by atoms with Gasteiger partial charge in [0, 0.05) is 25.7 Å². The van der Waals surface area contributed by atoms with Gasteiger partial charge in [-0.25, -0.2) is 0 Å². The van der Waals surface area contributed by atoms with E-state index in [4.69, 9.17) is 11.0 Å². The Morgan fingerprint density at radius 3 is 2.45 bits per heavy atom. The van der Waals surface area contributed by atoms with Gasteiger partial charge in [0.05, 0.1) is 11.6 Å². The smallest absolute Gasteiger partial charge is 0.0991 e. The molecule has 1 saturated heterocycles. The molecule has 112 valence electrons. The van der Waals surface area contributed by atoms with E-state index in [2.05, 4.69) is 17.9 Å². The molecule has 2 N–H and O–H groups in total. The van der Waals surface area contributed by atoms with Crippen molar-refractivity contribution in [2.24, 2.45) is 11.7 Å². The first-order valence-corrected chi connectivity index (χ1v) is 6.70. The molecule has 1 aromatic carbocycles. The van der Waals surface area contributed by atoms with Crippen molar-refractivity contribution in [2.45, 2.75) is 32.4 Å². The summed E-state index contributed by atoms with van der Waals surface area (Å²) < 4.78 is 0. The van der Waals surface area contributed by atoms with Crippen LogP contribution in [0.1, 0.15) is 30.9 Å². The van der Waals surface area contributed by atoms with Gasteiger partial charge in [-0.05, 0) is 30.0 Å². The third kappa shape index (κ3) is 4.96. The number of likely N-dealkylation sites (tertiary alicyclic amines) is 1. The topological polar surface area (TPSA) is 53.0 Å². The molecule has 2 rings (SSSR count). The van der Waals surface area contributed by atoms with Crippen molar-refractivity contribution in [1.82, 2.24) is 4.90 Å². The van der Waals surface area contributed by atoms with Crippen LogP contribution >= 0.6 is 24.8 Å². The number of hydrogen-bond acceptors (Lipinski definition) is 3. The number of nitrogens with zero attached hydrogens (tertiary/aromatic N) is 2. The van der Waals surface area contributed by atoms with E-state index in [1.165, 1.54) is 18.4 Å². The van der Waals surface area contributed by atoms with Gasteiger partial charge in [-0.3, -0.25) is 4.90 Å². The summed E-state index contributed by atoms with van der Waals surface area (Å²) in [7, 11) is 0. The second-order valence-electron chi connectivity index (χ2n) is 5.22. The van der Waals surface area contributed by atoms with Gasteiger partial charge < -0.3 is 5.73 Å². The summed E-state index contributed by atoms with van der Waals surface area (Å²) in [4.78, 5) is 2.42. The van der Waals surface area contributed by atoms with Crippen molar-refractivity contribution in [1.29, 1.82) is 5.26 Å². The zero-order chi connectivity index (χ0) is 13.0. The Kier molecular flexibility index (Phi) is 8.84. The lowest BCUT2D eigenvalue weighted by Gasteiger charge is -2.15. The molecule has 0 amide bonds. The van der Waals surface area contributed by atoms with Crippen LogP contribution in [0.4, 0.5) is 0 Å². The average Bonchev–Trinajstić information content (AvgIpc) is 2.71. The molecule has 0 bridgehead atoms. The first-order valence-electron chi connectivity index (χ1n) is 6.70. The number of nitrogens with two attached hydrogens (primary N) is 1. The second kappa shape index (κ2) is 9.20. The van der Waals surface area contributed by atoms with Gasteiger partial charge in [0.25, 0.3) is 0 Å². The molecule has 0 spiro atoms. The highest BCUT2D eigenvalue weighted by Crippen LogP contribution is 2.21. The summed E-state index contributed by atoms with van der Waals surface area (Å²) >= 11 is 0. The first kappa shape index (κ1) is 19.2. The van der Waals surface area contributed by atoms with Gasteiger partial charge in [-0.15, -0.1) is 24.8 Å². The van der Waals surface area contributed by atoms with E-state index >= 15 is 0 Å². The Morgan fingerprint density at radius 2 is 1.90 bits per heavy atom. The minimum absolute atomic E-state index is 0. The highest BCUT2D eigenvalue weighted by molar-refractivity contribution is 5.85. The maximum absolute atomic E-state index is 8.76. The van der Waals surface area contributed by atoms with Gasteiger partial charge in [0.2, 0.25) is 0 Å². The molecule has 0 radical (unpaired) electrons. The van der Waals surface area contributed by atoms with Crippen LogP contribution < -0.4 is 5.73 Å². The maximum atomic E-state index is 8.76. The molecular formula is C15H23Cl2N3. The predicted molar refractivity (Wildman–Crippen MR) is 87.3 cm³/mol. The summed E-state index contributed by atoms with van der Waals surface area (Å²) in [6.45, 7) is 5.26. The summed E-state index contributed by atoms with van der Waals surface area (Å²) in [5, 5.41) is 8.76. The lowest BCUT2D eigenvalue weighted by atomic mass is 9.99. The Hall–Kier alpha value is -0.790. The Labute approximate surface area is 134 Å². The summed E-state index contributed by atoms with van der Waals surface area (Å²) in [5.74, 6) is 0.647. The number of nitriles is 1. The first-order chi connectivity index (χ1) is 8.72. The molecule has 1 aliphatic heterocycles. The molecule has 1 aliphatic rings. The fraction of sp³-hybridized carbons (Fsp3) is 0.533. The Bertz CT molecular complexity index is 428. The molecule has 3 nitrogen and oxygen atoms in total. The summed E-state index contributed by atoms with van der Waals surface area (Å²) in [5.41, 5.74) is 8.16.